The van der Waals surface area contributed by atoms with Gasteiger partial charge in [-0.1, -0.05) is 0 Å². The average molecular weight is 171 g/mol. The summed E-state index contributed by atoms with van der Waals surface area (Å²) in [6.07, 6.45) is 1.28. The number of β-amino-alcohol motifs (C(OH)–C–C–N with tert-alkyl or cyclic N) is 1. The van der Waals surface area contributed by atoms with Gasteiger partial charge in [-0.15, -0.1) is 0 Å². The van der Waals surface area contributed by atoms with Crippen molar-refractivity contribution in [2.24, 2.45) is 0 Å². The molecule has 2 heterocycles. The van der Waals surface area contributed by atoms with Crippen molar-refractivity contribution in [1.82, 2.24) is 4.90 Å². The monoisotopic (exact) mass is 171 g/mol. The second-order valence-corrected chi connectivity index (χ2v) is 3.40. The highest BCUT2D eigenvalue weighted by Gasteiger charge is 2.35. The number of hydrogen-bond donors (Lipinski definition) is 1. The lowest BCUT2D eigenvalue weighted by Crippen LogP contribution is -2.56. The Morgan fingerprint density at radius 3 is 2.75 bits per heavy atom. The predicted molar refractivity (Wildman–Crippen MR) is 41.6 cm³/mol. The smallest absolute Gasteiger partial charge is 0.251 e. The van der Waals surface area contributed by atoms with E-state index in [-0.39, 0.29) is 18.1 Å². The number of carbonyl (C=O) groups is 1. The Balaban J connectivity index is 1.83. The molecule has 2 aliphatic heterocycles. The Morgan fingerprint density at radius 1 is 1.50 bits per heavy atom. The number of amides is 1. The van der Waals surface area contributed by atoms with Gasteiger partial charge in [0, 0.05) is 19.7 Å². The first kappa shape index (κ1) is 8.01. The normalized spacial score (nSPS) is 30.4. The summed E-state index contributed by atoms with van der Waals surface area (Å²) in [5.41, 5.74) is 0. The molecule has 0 spiro atoms. The molecule has 1 N–H and O–H groups in total. The number of hydrogen-bond acceptors (Lipinski definition) is 3. The molecule has 1 unspecified atom stereocenters. The van der Waals surface area contributed by atoms with E-state index in [0.29, 0.717) is 19.7 Å². The van der Waals surface area contributed by atoms with Gasteiger partial charge < -0.3 is 14.7 Å². The van der Waals surface area contributed by atoms with Crippen LogP contribution in [0.25, 0.3) is 0 Å². The van der Waals surface area contributed by atoms with Crippen LogP contribution < -0.4 is 0 Å². The molecule has 1 amide bonds. The van der Waals surface area contributed by atoms with Crippen LogP contribution in [0.2, 0.25) is 0 Å². The number of likely N-dealkylation sites (tertiary alicyclic amines) is 1. The van der Waals surface area contributed by atoms with E-state index in [2.05, 4.69) is 0 Å². The first-order chi connectivity index (χ1) is 5.77. The van der Waals surface area contributed by atoms with Crippen molar-refractivity contribution in [2.45, 2.75) is 25.0 Å². The minimum Gasteiger partial charge on any atom is -0.389 e. The first-order valence-corrected chi connectivity index (χ1v) is 4.36. The molecule has 4 nitrogen and oxygen atoms in total. The zero-order valence-corrected chi connectivity index (χ0v) is 6.90. The van der Waals surface area contributed by atoms with E-state index in [1.54, 1.807) is 4.90 Å². The maximum atomic E-state index is 11.5. The van der Waals surface area contributed by atoms with E-state index in [0.717, 1.165) is 12.8 Å². The molecule has 1 atom stereocenters. The highest BCUT2D eigenvalue weighted by atomic mass is 16.5. The van der Waals surface area contributed by atoms with Gasteiger partial charge >= 0.3 is 0 Å². The van der Waals surface area contributed by atoms with Crippen LogP contribution in [0.4, 0.5) is 0 Å². The summed E-state index contributed by atoms with van der Waals surface area (Å²) < 4.78 is 5.23. The standard InChI is InChI=1S/C8H13NO3/c10-6-4-9(5-6)8(11)7-2-1-3-12-7/h6-7,10H,1-5H2. The topological polar surface area (TPSA) is 49.8 Å². The number of aliphatic hydroxyl groups excluding tert-OH is 1. The number of rotatable bonds is 1. The molecule has 0 aliphatic carbocycles. The van der Waals surface area contributed by atoms with Crippen molar-refractivity contribution < 1.29 is 14.6 Å². The Bertz CT molecular complexity index is 183. The Morgan fingerprint density at radius 2 is 2.25 bits per heavy atom. The lowest BCUT2D eigenvalue weighted by Gasteiger charge is -2.37. The molecule has 4 heteroatoms. The third-order valence-corrected chi connectivity index (χ3v) is 2.38. The lowest BCUT2D eigenvalue weighted by atomic mass is 10.1. The molecule has 0 aromatic rings. The van der Waals surface area contributed by atoms with Crippen LogP contribution in [0.3, 0.4) is 0 Å². The predicted octanol–water partition coefficient (Wildman–Crippen LogP) is -0.631. The third-order valence-electron chi connectivity index (χ3n) is 2.38. The highest BCUT2D eigenvalue weighted by Crippen LogP contribution is 2.18. The first-order valence-electron chi connectivity index (χ1n) is 4.36. The minimum absolute atomic E-state index is 0.0535. The van der Waals surface area contributed by atoms with Gasteiger partial charge in [-0.3, -0.25) is 4.79 Å². The highest BCUT2D eigenvalue weighted by molar-refractivity contribution is 5.82. The molecule has 0 aromatic carbocycles. The van der Waals surface area contributed by atoms with Crippen molar-refractivity contribution in [2.75, 3.05) is 19.7 Å². The summed E-state index contributed by atoms with van der Waals surface area (Å²) in [4.78, 5) is 13.1. The molecular formula is C8H13NO3. The van der Waals surface area contributed by atoms with Gasteiger partial charge in [-0.2, -0.15) is 0 Å². The van der Waals surface area contributed by atoms with Gasteiger partial charge in [0.2, 0.25) is 0 Å². The van der Waals surface area contributed by atoms with Gasteiger partial charge in [-0.25, -0.2) is 0 Å². The Kier molecular flexibility index (Phi) is 2.02. The molecule has 0 bridgehead atoms. The summed E-state index contributed by atoms with van der Waals surface area (Å²) in [5, 5.41) is 8.98. The van der Waals surface area contributed by atoms with Crippen molar-refractivity contribution in [3.63, 3.8) is 0 Å². The molecular weight excluding hydrogens is 158 g/mol. The maximum absolute atomic E-state index is 11.5. The molecule has 12 heavy (non-hydrogen) atoms. The van der Waals surface area contributed by atoms with Gasteiger partial charge in [-0.05, 0) is 12.8 Å². The number of nitrogens with zero attached hydrogens (tertiary/aromatic N) is 1. The van der Waals surface area contributed by atoms with Gasteiger partial charge in [0.05, 0.1) is 6.10 Å². The van der Waals surface area contributed by atoms with Crippen molar-refractivity contribution in [3.8, 4) is 0 Å². The molecule has 2 rings (SSSR count). The summed E-state index contributed by atoms with van der Waals surface area (Å²) in [7, 11) is 0. The molecule has 0 radical (unpaired) electrons. The largest absolute Gasteiger partial charge is 0.389 e. The molecule has 68 valence electrons. The van der Waals surface area contributed by atoms with Crippen LogP contribution in [-0.2, 0) is 9.53 Å². The quantitative estimate of drug-likeness (QED) is 0.571. The number of carbonyl (C=O) groups excluding carboxylic acids is 1. The van der Waals surface area contributed by atoms with E-state index in [1.807, 2.05) is 0 Å². The fraction of sp³-hybridized carbons (Fsp3) is 0.875. The number of ether oxygens (including phenoxy) is 1. The van der Waals surface area contributed by atoms with Crippen LogP contribution in [0, 0.1) is 0 Å². The van der Waals surface area contributed by atoms with E-state index >= 15 is 0 Å². The maximum Gasteiger partial charge on any atom is 0.251 e. The van der Waals surface area contributed by atoms with Gasteiger partial charge in [0.15, 0.2) is 0 Å². The second kappa shape index (κ2) is 3.03. The third kappa shape index (κ3) is 1.32. The molecule has 2 saturated heterocycles. The average Bonchev–Trinajstić information content (AvgIpc) is 2.49. The summed E-state index contributed by atoms with van der Waals surface area (Å²) in [6, 6.07) is 0. The van der Waals surface area contributed by atoms with Crippen LogP contribution in [0.5, 0.6) is 0 Å². The van der Waals surface area contributed by atoms with Gasteiger partial charge in [0.25, 0.3) is 5.91 Å². The van der Waals surface area contributed by atoms with Crippen LogP contribution in [0.1, 0.15) is 12.8 Å². The van der Waals surface area contributed by atoms with Crippen LogP contribution in [-0.4, -0.2) is 47.8 Å². The molecule has 0 saturated carbocycles. The fourth-order valence-corrected chi connectivity index (χ4v) is 1.61. The SMILES string of the molecule is O=C(C1CCCO1)N1CC(O)C1. The lowest BCUT2D eigenvalue weighted by molar-refractivity contribution is -0.151. The molecule has 2 fully saturated rings. The van der Waals surface area contributed by atoms with E-state index in [4.69, 9.17) is 9.84 Å². The van der Waals surface area contributed by atoms with Gasteiger partial charge in [0.1, 0.15) is 6.10 Å². The van der Waals surface area contributed by atoms with E-state index < -0.39 is 0 Å². The zero-order valence-electron chi connectivity index (χ0n) is 6.90. The van der Waals surface area contributed by atoms with Crippen LogP contribution in [0.15, 0.2) is 0 Å². The van der Waals surface area contributed by atoms with Crippen molar-refractivity contribution >= 4 is 5.91 Å². The van der Waals surface area contributed by atoms with Crippen LogP contribution >= 0.6 is 0 Å². The summed E-state index contributed by atoms with van der Waals surface area (Å²) >= 11 is 0. The van der Waals surface area contributed by atoms with E-state index in [1.165, 1.54) is 0 Å². The fourth-order valence-electron chi connectivity index (χ4n) is 1.61. The van der Waals surface area contributed by atoms with E-state index in [9.17, 15) is 4.79 Å². The second-order valence-electron chi connectivity index (χ2n) is 3.40. The summed E-state index contributed by atoms with van der Waals surface area (Å²) in [6.45, 7) is 1.67. The Hall–Kier alpha value is -0.610. The minimum atomic E-state index is -0.310. The Labute approximate surface area is 71.1 Å². The summed E-state index contributed by atoms with van der Waals surface area (Å²) in [5.74, 6) is 0.0535. The van der Waals surface area contributed by atoms with Crippen molar-refractivity contribution in [1.29, 1.82) is 0 Å². The molecule has 2 aliphatic rings. The van der Waals surface area contributed by atoms with Crippen molar-refractivity contribution in [3.05, 3.63) is 0 Å². The molecule has 0 aromatic heterocycles. The zero-order chi connectivity index (χ0) is 8.55. The number of aliphatic hydroxyl groups is 1.